The predicted molar refractivity (Wildman–Crippen MR) is 84.6 cm³/mol. The molecule has 0 aromatic heterocycles. The largest absolute Gasteiger partial charge is 0.389 e. The van der Waals surface area contributed by atoms with E-state index in [9.17, 15) is 9.90 Å². The summed E-state index contributed by atoms with van der Waals surface area (Å²) in [6.45, 7) is 2.42. The summed E-state index contributed by atoms with van der Waals surface area (Å²) in [5, 5.41) is 11.2. The second-order valence-corrected chi connectivity index (χ2v) is 6.45. The molecule has 1 heterocycles. The van der Waals surface area contributed by atoms with Crippen molar-refractivity contribution in [3.63, 3.8) is 0 Å². The second kappa shape index (κ2) is 6.80. The van der Waals surface area contributed by atoms with Crippen molar-refractivity contribution in [2.45, 2.75) is 43.6 Å². The summed E-state index contributed by atoms with van der Waals surface area (Å²) in [6.07, 6.45) is 4.56. The summed E-state index contributed by atoms with van der Waals surface area (Å²) >= 11 is 0. The Labute approximate surface area is 132 Å². The van der Waals surface area contributed by atoms with Gasteiger partial charge in [0.15, 0.2) is 0 Å². The van der Waals surface area contributed by atoms with Gasteiger partial charge in [-0.1, -0.05) is 49.6 Å². The zero-order valence-electron chi connectivity index (χ0n) is 13.0. The second-order valence-electron chi connectivity index (χ2n) is 6.45. The van der Waals surface area contributed by atoms with Crippen LogP contribution in [0.25, 0.3) is 0 Å². The molecule has 1 amide bonds. The van der Waals surface area contributed by atoms with E-state index in [4.69, 9.17) is 4.74 Å². The molecule has 0 bridgehead atoms. The van der Waals surface area contributed by atoms with Gasteiger partial charge in [-0.25, -0.2) is 0 Å². The van der Waals surface area contributed by atoms with E-state index in [1.807, 2.05) is 35.2 Å². The first-order chi connectivity index (χ1) is 10.7. The minimum absolute atomic E-state index is 0.0545. The minimum Gasteiger partial charge on any atom is -0.389 e. The molecule has 3 rings (SSSR count). The third-order valence-corrected chi connectivity index (χ3v) is 4.96. The van der Waals surface area contributed by atoms with Crippen LogP contribution in [0.15, 0.2) is 30.3 Å². The van der Waals surface area contributed by atoms with Crippen molar-refractivity contribution >= 4 is 5.91 Å². The number of carbonyl (C=O) groups is 1. The monoisotopic (exact) mass is 303 g/mol. The molecular formula is C18H25NO3. The van der Waals surface area contributed by atoms with Crippen LogP contribution >= 0.6 is 0 Å². The highest BCUT2D eigenvalue weighted by molar-refractivity contribution is 5.85. The molecule has 1 N–H and O–H groups in total. The van der Waals surface area contributed by atoms with Crippen molar-refractivity contribution in [3.05, 3.63) is 35.9 Å². The smallest absolute Gasteiger partial charge is 0.233 e. The molecule has 4 heteroatoms. The lowest BCUT2D eigenvalue weighted by molar-refractivity contribution is -0.145. The number of carbonyl (C=O) groups excluding carboxylic acids is 1. The standard InChI is InChI=1S/C18H25NO3/c20-17(19-11-13-22-14-12-19)16(15-7-3-1-4-8-15)18(21)9-5-2-6-10-18/h1,3-4,7-8,16,21H,2,5-6,9-14H2. The summed E-state index contributed by atoms with van der Waals surface area (Å²) < 4.78 is 5.35. The van der Waals surface area contributed by atoms with E-state index in [2.05, 4.69) is 0 Å². The van der Waals surface area contributed by atoms with Crippen molar-refractivity contribution in [2.24, 2.45) is 0 Å². The van der Waals surface area contributed by atoms with Crippen molar-refractivity contribution in [3.8, 4) is 0 Å². The highest BCUT2D eigenvalue weighted by Gasteiger charge is 2.44. The maximum atomic E-state index is 13.1. The van der Waals surface area contributed by atoms with E-state index in [1.165, 1.54) is 0 Å². The van der Waals surface area contributed by atoms with Crippen molar-refractivity contribution < 1.29 is 14.6 Å². The Balaban J connectivity index is 1.90. The molecule has 2 aliphatic rings. The van der Waals surface area contributed by atoms with E-state index in [-0.39, 0.29) is 5.91 Å². The van der Waals surface area contributed by atoms with Gasteiger partial charge in [0, 0.05) is 13.1 Å². The third kappa shape index (κ3) is 3.18. The first kappa shape index (κ1) is 15.5. The Morgan fingerprint density at radius 3 is 2.36 bits per heavy atom. The maximum absolute atomic E-state index is 13.1. The number of ether oxygens (including phenoxy) is 1. The van der Waals surface area contributed by atoms with Crippen LogP contribution < -0.4 is 0 Å². The van der Waals surface area contributed by atoms with Crippen LogP contribution in [0.3, 0.4) is 0 Å². The van der Waals surface area contributed by atoms with E-state index in [1.54, 1.807) is 0 Å². The van der Waals surface area contributed by atoms with Crippen LogP contribution in [0.2, 0.25) is 0 Å². The van der Waals surface area contributed by atoms with E-state index >= 15 is 0 Å². The van der Waals surface area contributed by atoms with Gasteiger partial charge < -0.3 is 14.7 Å². The minimum atomic E-state index is -0.908. The number of nitrogens with zero attached hydrogens (tertiary/aromatic N) is 1. The zero-order chi connectivity index (χ0) is 15.4. The molecular weight excluding hydrogens is 278 g/mol. The zero-order valence-corrected chi connectivity index (χ0v) is 13.0. The highest BCUT2D eigenvalue weighted by Crippen LogP contribution is 2.41. The van der Waals surface area contributed by atoms with Crippen LogP contribution in [0.4, 0.5) is 0 Å². The average molecular weight is 303 g/mol. The van der Waals surface area contributed by atoms with Gasteiger partial charge in [-0.3, -0.25) is 4.79 Å². The van der Waals surface area contributed by atoms with Crippen molar-refractivity contribution in [2.75, 3.05) is 26.3 Å². The van der Waals surface area contributed by atoms with Crippen LogP contribution in [0.5, 0.6) is 0 Å². The molecule has 1 atom stereocenters. The Kier molecular flexibility index (Phi) is 4.79. The Bertz CT molecular complexity index is 490. The molecule has 2 fully saturated rings. The van der Waals surface area contributed by atoms with Crippen LogP contribution in [0.1, 0.15) is 43.6 Å². The first-order valence-corrected chi connectivity index (χ1v) is 8.34. The third-order valence-electron chi connectivity index (χ3n) is 4.96. The van der Waals surface area contributed by atoms with Crippen LogP contribution in [-0.2, 0) is 9.53 Å². The number of morpholine rings is 1. The van der Waals surface area contributed by atoms with Crippen LogP contribution in [0, 0.1) is 0 Å². The fraction of sp³-hybridized carbons (Fsp3) is 0.611. The lowest BCUT2D eigenvalue weighted by Gasteiger charge is -2.41. The normalized spacial score (nSPS) is 23.0. The highest BCUT2D eigenvalue weighted by atomic mass is 16.5. The number of hydrogen-bond acceptors (Lipinski definition) is 3. The van der Waals surface area contributed by atoms with Gasteiger partial charge in [0.2, 0.25) is 5.91 Å². The molecule has 0 spiro atoms. The van der Waals surface area contributed by atoms with E-state index < -0.39 is 11.5 Å². The number of hydrogen-bond donors (Lipinski definition) is 1. The number of benzene rings is 1. The summed E-state index contributed by atoms with van der Waals surface area (Å²) in [5.74, 6) is -0.397. The molecule has 1 saturated carbocycles. The Morgan fingerprint density at radius 2 is 1.73 bits per heavy atom. The average Bonchev–Trinajstić information content (AvgIpc) is 2.57. The Hall–Kier alpha value is -1.39. The molecule has 1 aromatic carbocycles. The summed E-state index contributed by atoms with van der Waals surface area (Å²) in [5.41, 5.74) is 0.0259. The quantitative estimate of drug-likeness (QED) is 0.932. The Morgan fingerprint density at radius 1 is 1.09 bits per heavy atom. The fourth-order valence-corrected chi connectivity index (χ4v) is 3.75. The van der Waals surface area contributed by atoms with Gasteiger partial charge in [-0.2, -0.15) is 0 Å². The van der Waals surface area contributed by atoms with Crippen molar-refractivity contribution in [1.29, 1.82) is 0 Å². The predicted octanol–water partition coefficient (Wildman–Crippen LogP) is 2.32. The van der Waals surface area contributed by atoms with Gasteiger partial charge in [0.25, 0.3) is 0 Å². The molecule has 1 aliphatic carbocycles. The van der Waals surface area contributed by atoms with Gasteiger partial charge in [0.05, 0.1) is 24.7 Å². The topological polar surface area (TPSA) is 49.8 Å². The lowest BCUT2D eigenvalue weighted by Crippen LogP contribution is -2.50. The van der Waals surface area contributed by atoms with Crippen molar-refractivity contribution in [1.82, 2.24) is 4.90 Å². The maximum Gasteiger partial charge on any atom is 0.233 e. The van der Waals surface area contributed by atoms with E-state index in [0.29, 0.717) is 39.1 Å². The van der Waals surface area contributed by atoms with Gasteiger partial charge >= 0.3 is 0 Å². The molecule has 1 saturated heterocycles. The number of aliphatic hydroxyl groups is 1. The molecule has 1 aliphatic heterocycles. The van der Waals surface area contributed by atoms with Gasteiger partial charge in [0.1, 0.15) is 0 Å². The molecule has 1 aromatic rings. The molecule has 4 nitrogen and oxygen atoms in total. The molecule has 120 valence electrons. The number of amides is 1. The van der Waals surface area contributed by atoms with Gasteiger partial charge in [-0.05, 0) is 18.4 Å². The van der Waals surface area contributed by atoms with Gasteiger partial charge in [-0.15, -0.1) is 0 Å². The SMILES string of the molecule is O=C(C(c1ccccc1)C1(O)CCCCC1)N1CCOCC1. The lowest BCUT2D eigenvalue weighted by atomic mass is 9.72. The summed E-state index contributed by atoms with van der Waals surface area (Å²) in [6, 6.07) is 9.78. The summed E-state index contributed by atoms with van der Waals surface area (Å²) in [4.78, 5) is 15.0. The van der Waals surface area contributed by atoms with E-state index in [0.717, 1.165) is 24.8 Å². The number of rotatable bonds is 3. The first-order valence-electron chi connectivity index (χ1n) is 8.34. The fourth-order valence-electron chi connectivity index (χ4n) is 3.75. The molecule has 1 unspecified atom stereocenters. The molecule has 22 heavy (non-hydrogen) atoms. The summed E-state index contributed by atoms with van der Waals surface area (Å²) in [7, 11) is 0. The van der Waals surface area contributed by atoms with Crippen LogP contribution in [-0.4, -0.2) is 47.8 Å². The molecule has 0 radical (unpaired) electrons.